The van der Waals surface area contributed by atoms with E-state index in [2.05, 4.69) is 4.99 Å². The van der Waals surface area contributed by atoms with E-state index in [0.717, 1.165) is 16.7 Å². The smallest absolute Gasteiger partial charge is 0.363 e. The van der Waals surface area contributed by atoms with Crippen molar-refractivity contribution in [2.75, 3.05) is 0 Å². The number of benzene rings is 2. The van der Waals surface area contributed by atoms with E-state index >= 15 is 0 Å². The summed E-state index contributed by atoms with van der Waals surface area (Å²) in [5.74, 6) is -0.342. The molecule has 0 atom stereocenters. The van der Waals surface area contributed by atoms with E-state index in [1.54, 1.807) is 12.1 Å². The van der Waals surface area contributed by atoms with Crippen LogP contribution in [0.25, 0.3) is 6.08 Å². The zero-order valence-corrected chi connectivity index (χ0v) is 12.8. The van der Waals surface area contributed by atoms with Crippen molar-refractivity contribution in [1.29, 1.82) is 0 Å². The molecule has 0 aliphatic carbocycles. The van der Waals surface area contributed by atoms with Crippen LogP contribution < -0.4 is 0 Å². The van der Waals surface area contributed by atoms with Crippen molar-refractivity contribution in [3.05, 3.63) is 76.7 Å². The lowest BCUT2D eigenvalue weighted by molar-refractivity contribution is -0.130. The molecule has 1 aliphatic rings. The van der Waals surface area contributed by atoms with Gasteiger partial charge in [0.1, 0.15) is 5.82 Å². The quantitative estimate of drug-likeness (QED) is 0.631. The largest absolute Gasteiger partial charge is 0.407 e. The van der Waals surface area contributed by atoms with E-state index in [1.165, 1.54) is 12.1 Å². The highest BCUT2D eigenvalue weighted by molar-refractivity contribution is 6.07. The molecule has 0 bridgehead atoms. The Kier molecular flexibility index (Phi) is 4.33. The SMILES string of the molecule is Cc1ccc(/C=C2/N=C(CCc3cccc(F)c3)OC2=O)cc1. The molecule has 0 amide bonds. The van der Waals surface area contributed by atoms with Crippen molar-refractivity contribution < 1.29 is 13.9 Å². The molecule has 0 N–H and O–H groups in total. The number of hydrogen-bond donors (Lipinski definition) is 0. The summed E-state index contributed by atoms with van der Waals surface area (Å²) < 4.78 is 18.3. The molecule has 0 radical (unpaired) electrons. The molecule has 4 heteroatoms. The molecule has 1 aliphatic heterocycles. The molecule has 23 heavy (non-hydrogen) atoms. The van der Waals surface area contributed by atoms with Gasteiger partial charge >= 0.3 is 5.97 Å². The fourth-order valence-electron chi connectivity index (χ4n) is 2.32. The number of rotatable bonds is 4. The van der Waals surface area contributed by atoms with Gasteiger partial charge in [-0.1, -0.05) is 42.0 Å². The highest BCUT2D eigenvalue weighted by Crippen LogP contribution is 2.18. The predicted octanol–water partition coefficient (Wildman–Crippen LogP) is 4.06. The average Bonchev–Trinajstić information content (AvgIpc) is 2.88. The van der Waals surface area contributed by atoms with Gasteiger partial charge in [-0.2, -0.15) is 0 Å². The second kappa shape index (κ2) is 6.57. The van der Waals surface area contributed by atoms with Gasteiger partial charge in [0, 0.05) is 6.42 Å². The van der Waals surface area contributed by atoms with Gasteiger partial charge in [-0.3, -0.25) is 0 Å². The number of cyclic esters (lactones) is 1. The fraction of sp³-hybridized carbons (Fsp3) is 0.158. The summed E-state index contributed by atoms with van der Waals surface area (Å²) >= 11 is 0. The topological polar surface area (TPSA) is 38.7 Å². The van der Waals surface area contributed by atoms with E-state index in [9.17, 15) is 9.18 Å². The van der Waals surface area contributed by atoms with Crippen LogP contribution in [0, 0.1) is 12.7 Å². The van der Waals surface area contributed by atoms with Gasteiger partial charge in [0.2, 0.25) is 0 Å². The van der Waals surface area contributed by atoms with Gasteiger partial charge in [-0.05, 0) is 42.7 Å². The van der Waals surface area contributed by atoms with Crippen molar-refractivity contribution in [2.45, 2.75) is 19.8 Å². The van der Waals surface area contributed by atoms with Crippen molar-refractivity contribution in [3.8, 4) is 0 Å². The molecule has 2 aromatic carbocycles. The number of carbonyl (C=O) groups is 1. The van der Waals surface area contributed by atoms with Crippen LogP contribution in [0.5, 0.6) is 0 Å². The standard InChI is InChI=1S/C19H16FNO2/c1-13-5-7-15(8-6-13)12-17-19(22)23-18(21-17)10-9-14-3-2-4-16(20)11-14/h2-8,11-12H,9-10H2,1H3/b17-12+. The number of ether oxygens (including phenoxy) is 1. The van der Waals surface area contributed by atoms with Crippen LogP contribution in [0.4, 0.5) is 4.39 Å². The summed E-state index contributed by atoms with van der Waals surface area (Å²) in [5, 5.41) is 0. The Labute approximate surface area is 134 Å². The van der Waals surface area contributed by atoms with E-state index in [-0.39, 0.29) is 5.82 Å². The molecular formula is C19H16FNO2. The molecular weight excluding hydrogens is 293 g/mol. The molecule has 0 unspecified atom stereocenters. The van der Waals surface area contributed by atoms with Crippen LogP contribution in [0.3, 0.4) is 0 Å². The third kappa shape index (κ3) is 3.92. The van der Waals surface area contributed by atoms with Gasteiger partial charge in [0.15, 0.2) is 11.6 Å². The van der Waals surface area contributed by atoms with E-state index in [4.69, 9.17) is 4.74 Å². The summed E-state index contributed by atoms with van der Waals surface area (Å²) in [6, 6.07) is 14.2. The Morgan fingerprint density at radius 2 is 1.91 bits per heavy atom. The first-order valence-corrected chi connectivity index (χ1v) is 7.43. The van der Waals surface area contributed by atoms with E-state index < -0.39 is 5.97 Å². The lowest BCUT2D eigenvalue weighted by atomic mass is 10.1. The van der Waals surface area contributed by atoms with Gasteiger partial charge in [-0.25, -0.2) is 14.2 Å². The molecule has 0 saturated heterocycles. The Bertz CT molecular complexity index is 791. The van der Waals surface area contributed by atoms with Crippen molar-refractivity contribution in [1.82, 2.24) is 0 Å². The monoisotopic (exact) mass is 309 g/mol. The van der Waals surface area contributed by atoms with Crippen LogP contribution in [-0.4, -0.2) is 11.9 Å². The maximum absolute atomic E-state index is 13.1. The van der Waals surface area contributed by atoms with Gasteiger partial charge in [-0.15, -0.1) is 0 Å². The number of nitrogens with zero attached hydrogens (tertiary/aromatic N) is 1. The van der Waals surface area contributed by atoms with Crippen molar-refractivity contribution >= 4 is 17.9 Å². The third-order valence-electron chi connectivity index (χ3n) is 3.56. The summed E-state index contributed by atoms with van der Waals surface area (Å²) in [7, 11) is 0. The van der Waals surface area contributed by atoms with Crippen molar-refractivity contribution in [2.24, 2.45) is 4.99 Å². The number of halogens is 1. The minimum atomic E-state index is -0.445. The maximum atomic E-state index is 13.1. The molecule has 3 nitrogen and oxygen atoms in total. The molecule has 3 rings (SSSR count). The summed E-state index contributed by atoms with van der Waals surface area (Å²) in [6.07, 6.45) is 2.74. The van der Waals surface area contributed by atoms with Crippen LogP contribution in [-0.2, 0) is 16.0 Å². The fourth-order valence-corrected chi connectivity index (χ4v) is 2.32. The molecule has 0 fully saturated rings. The van der Waals surface area contributed by atoms with Crippen LogP contribution in [0.15, 0.2) is 59.2 Å². The second-order valence-electron chi connectivity index (χ2n) is 5.47. The van der Waals surface area contributed by atoms with Crippen molar-refractivity contribution in [3.63, 3.8) is 0 Å². The minimum absolute atomic E-state index is 0.271. The van der Waals surface area contributed by atoms with Gasteiger partial charge < -0.3 is 4.74 Å². The Morgan fingerprint density at radius 1 is 1.13 bits per heavy atom. The Balaban J connectivity index is 1.70. The average molecular weight is 309 g/mol. The summed E-state index contributed by atoms with van der Waals surface area (Å²) in [6.45, 7) is 2.00. The lowest BCUT2D eigenvalue weighted by Crippen LogP contribution is -2.05. The zero-order chi connectivity index (χ0) is 16.2. The predicted molar refractivity (Wildman–Crippen MR) is 87.4 cm³/mol. The maximum Gasteiger partial charge on any atom is 0.363 e. The Hall–Kier alpha value is -2.75. The van der Waals surface area contributed by atoms with Gasteiger partial charge in [0.05, 0.1) is 0 Å². The van der Waals surface area contributed by atoms with E-state index in [0.29, 0.717) is 24.4 Å². The normalized spacial score (nSPS) is 15.7. The van der Waals surface area contributed by atoms with Gasteiger partial charge in [0.25, 0.3) is 0 Å². The molecule has 116 valence electrons. The number of aliphatic imine (C=N–C) groups is 1. The zero-order valence-electron chi connectivity index (χ0n) is 12.8. The third-order valence-corrected chi connectivity index (χ3v) is 3.56. The molecule has 0 spiro atoms. The molecule has 2 aromatic rings. The molecule has 1 heterocycles. The number of hydrogen-bond acceptors (Lipinski definition) is 3. The van der Waals surface area contributed by atoms with Crippen LogP contribution >= 0.6 is 0 Å². The lowest BCUT2D eigenvalue weighted by Gasteiger charge is -2.00. The first-order valence-electron chi connectivity index (χ1n) is 7.43. The van der Waals surface area contributed by atoms with Crippen LogP contribution in [0.1, 0.15) is 23.1 Å². The van der Waals surface area contributed by atoms with E-state index in [1.807, 2.05) is 37.3 Å². The minimum Gasteiger partial charge on any atom is -0.407 e. The molecule has 0 saturated carbocycles. The number of carbonyl (C=O) groups excluding carboxylic acids is 1. The Morgan fingerprint density at radius 3 is 2.65 bits per heavy atom. The highest BCUT2D eigenvalue weighted by atomic mass is 19.1. The second-order valence-corrected chi connectivity index (χ2v) is 5.47. The number of esters is 1. The first kappa shape index (κ1) is 15.2. The van der Waals surface area contributed by atoms with Crippen LogP contribution in [0.2, 0.25) is 0 Å². The molecule has 0 aromatic heterocycles. The summed E-state index contributed by atoms with van der Waals surface area (Å²) in [5.41, 5.74) is 3.20. The summed E-state index contributed by atoms with van der Waals surface area (Å²) in [4.78, 5) is 16.1. The first-order chi connectivity index (χ1) is 11.1. The number of aryl methyl sites for hydroxylation is 2. The highest BCUT2D eigenvalue weighted by Gasteiger charge is 2.22.